The van der Waals surface area contributed by atoms with Crippen molar-refractivity contribution in [1.29, 1.82) is 0 Å². The average Bonchev–Trinajstić information content (AvgIpc) is 2.93. The summed E-state index contributed by atoms with van der Waals surface area (Å²) in [6.07, 6.45) is -3.44. The minimum atomic E-state index is -4.60. The predicted molar refractivity (Wildman–Crippen MR) is 84.8 cm³/mol. The number of halogens is 4. The van der Waals surface area contributed by atoms with E-state index < -0.39 is 17.6 Å². The van der Waals surface area contributed by atoms with Crippen molar-refractivity contribution >= 4 is 23.2 Å². The summed E-state index contributed by atoms with van der Waals surface area (Å²) in [6, 6.07) is 0.785. The second-order valence-corrected chi connectivity index (χ2v) is 5.53. The minimum absolute atomic E-state index is 0.00709. The Balaban J connectivity index is 2.36. The third-order valence-electron chi connectivity index (χ3n) is 3.39. The number of fused-ring (bicyclic) bond motifs is 1. The van der Waals surface area contributed by atoms with E-state index in [9.17, 15) is 18.0 Å². The maximum atomic E-state index is 13.0. The van der Waals surface area contributed by atoms with E-state index in [0.717, 1.165) is 16.7 Å². The third-order valence-corrected chi connectivity index (χ3v) is 3.67. The Labute approximate surface area is 146 Å². The molecule has 2 heterocycles. The van der Waals surface area contributed by atoms with Crippen molar-refractivity contribution in [2.75, 3.05) is 26.4 Å². The van der Waals surface area contributed by atoms with Gasteiger partial charge < -0.3 is 15.2 Å². The first-order chi connectivity index (χ1) is 11.8. The zero-order valence-electron chi connectivity index (χ0n) is 13.4. The molecule has 138 valence electrons. The number of nitrogens with zero attached hydrogens (tertiary/aromatic N) is 2. The highest BCUT2D eigenvalue weighted by molar-refractivity contribution is 6.33. The minimum Gasteiger partial charge on any atom is -0.394 e. The van der Waals surface area contributed by atoms with Crippen LogP contribution in [0.15, 0.2) is 12.3 Å². The Morgan fingerprint density at radius 2 is 2.16 bits per heavy atom. The fourth-order valence-corrected chi connectivity index (χ4v) is 2.53. The maximum Gasteiger partial charge on any atom is 0.417 e. The van der Waals surface area contributed by atoms with Gasteiger partial charge >= 0.3 is 6.18 Å². The van der Waals surface area contributed by atoms with Gasteiger partial charge in [-0.25, -0.2) is 4.98 Å². The molecule has 0 bridgehead atoms. The molecule has 2 aromatic rings. The molecule has 2 aromatic heterocycles. The number of pyridine rings is 1. The molecule has 0 aliphatic carbocycles. The number of aryl methyl sites for hydroxylation is 1. The van der Waals surface area contributed by atoms with Gasteiger partial charge in [0.05, 0.1) is 36.1 Å². The van der Waals surface area contributed by atoms with Crippen LogP contribution in [0, 0.1) is 0 Å². The van der Waals surface area contributed by atoms with Gasteiger partial charge in [-0.2, -0.15) is 13.2 Å². The van der Waals surface area contributed by atoms with Crippen molar-refractivity contribution in [3.63, 3.8) is 0 Å². The van der Waals surface area contributed by atoms with E-state index in [1.54, 1.807) is 6.92 Å². The largest absolute Gasteiger partial charge is 0.417 e. The summed E-state index contributed by atoms with van der Waals surface area (Å²) < 4.78 is 45.1. The zero-order valence-corrected chi connectivity index (χ0v) is 14.1. The smallest absolute Gasteiger partial charge is 0.394 e. The van der Waals surface area contributed by atoms with Gasteiger partial charge in [-0.05, 0) is 12.5 Å². The molecule has 0 saturated heterocycles. The molecule has 0 atom stereocenters. The van der Waals surface area contributed by atoms with Gasteiger partial charge in [0, 0.05) is 12.7 Å². The van der Waals surface area contributed by atoms with Gasteiger partial charge in [-0.3, -0.25) is 9.20 Å². The summed E-state index contributed by atoms with van der Waals surface area (Å²) >= 11 is 5.92. The summed E-state index contributed by atoms with van der Waals surface area (Å²) in [5, 5.41) is 11.0. The fraction of sp³-hybridized carbons (Fsp3) is 0.467. The third kappa shape index (κ3) is 4.42. The molecular formula is C15H17ClF3N3O3. The van der Waals surface area contributed by atoms with E-state index in [-0.39, 0.29) is 42.7 Å². The number of carbonyl (C=O) groups is 1. The monoisotopic (exact) mass is 379 g/mol. The number of hydrogen-bond donors (Lipinski definition) is 2. The Morgan fingerprint density at radius 1 is 1.44 bits per heavy atom. The highest BCUT2D eigenvalue weighted by atomic mass is 35.5. The number of carbonyl (C=O) groups excluding carboxylic acids is 1. The number of rotatable bonds is 7. The molecule has 0 unspecified atom stereocenters. The van der Waals surface area contributed by atoms with Crippen LogP contribution in [0.4, 0.5) is 13.2 Å². The first-order valence-corrected chi connectivity index (χ1v) is 7.91. The van der Waals surface area contributed by atoms with Gasteiger partial charge in [0.1, 0.15) is 5.69 Å². The van der Waals surface area contributed by atoms with Crippen LogP contribution in [0.3, 0.4) is 0 Å². The van der Waals surface area contributed by atoms with Crippen LogP contribution in [0.2, 0.25) is 5.02 Å². The van der Waals surface area contributed by atoms with E-state index in [1.165, 1.54) is 0 Å². The number of ether oxygens (including phenoxy) is 1. The molecule has 0 fully saturated rings. The summed E-state index contributed by atoms with van der Waals surface area (Å²) in [6.45, 7) is 2.04. The lowest BCUT2D eigenvalue weighted by Crippen LogP contribution is -2.29. The van der Waals surface area contributed by atoms with Gasteiger partial charge in [0.15, 0.2) is 5.65 Å². The number of aliphatic hydroxyl groups excluding tert-OH is 1. The van der Waals surface area contributed by atoms with Crippen LogP contribution in [0.1, 0.15) is 28.7 Å². The van der Waals surface area contributed by atoms with Gasteiger partial charge in [0.25, 0.3) is 5.91 Å². The maximum absolute atomic E-state index is 13.0. The van der Waals surface area contributed by atoms with Crippen molar-refractivity contribution < 1.29 is 27.8 Å². The second kappa shape index (κ2) is 8.03. The standard InChI is InChI=1S/C15H17ClF3N3O3/c1-2-11-12(14(24)20-3-5-25-6-4-23)22-8-9(15(17,18)19)7-10(16)13(22)21-11/h7-8,23H,2-6H2,1H3,(H,20,24). The number of alkyl halides is 3. The lowest BCUT2D eigenvalue weighted by Gasteiger charge is -2.10. The summed E-state index contributed by atoms with van der Waals surface area (Å²) in [7, 11) is 0. The highest BCUT2D eigenvalue weighted by Gasteiger charge is 2.33. The summed E-state index contributed by atoms with van der Waals surface area (Å²) in [4.78, 5) is 16.6. The van der Waals surface area contributed by atoms with Gasteiger partial charge in [-0.15, -0.1) is 0 Å². The Hall–Kier alpha value is -1.84. The molecule has 0 radical (unpaired) electrons. The lowest BCUT2D eigenvalue weighted by molar-refractivity contribution is -0.137. The highest BCUT2D eigenvalue weighted by Crippen LogP contribution is 2.33. The molecule has 0 aliphatic heterocycles. The van der Waals surface area contributed by atoms with E-state index in [2.05, 4.69) is 10.3 Å². The molecule has 1 amide bonds. The second-order valence-electron chi connectivity index (χ2n) is 5.12. The lowest BCUT2D eigenvalue weighted by atomic mass is 10.2. The van der Waals surface area contributed by atoms with Gasteiger partial charge in [-0.1, -0.05) is 18.5 Å². The average molecular weight is 380 g/mol. The predicted octanol–water partition coefficient (Wildman–Crippen LogP) is 2.31. The van der Waals surface area contributed by atoms with E-state index in [0.29, 0.717) is 12.1 Å². The molecular weight excluding hydrogens is 363 g/mol. The molecule has 6 nitrogen and oxygen atoms in total. The molecule has 0 aliphatic rings. The zero-order chi connectivity index (χ0) is 18.6. The topological polar surface area (TPSA) is 75.9 Å². The van der Waals surface area contributed by atoms with Crippen molar-refractivity contribution in [1.82, 2.24) is 14.7 Å². The molecule has 2 N–H and O–H groups in total. The number of aromatic nitrogens is 2. The van der Waals surface area contributed by atoms with Crippen LogP contribution in [-0.2, 0) is 17.3 Å². The van der Waals surface area contributed by atoms with Crippen molar-refractivity contribution in [3.05, 3.63) is 34.2 Å². The number of nitrogens with one attached hydrogen (secondary N) is 1. The molecule has 0 spiro atoms. The quantitative estimate of drug-likeness (QED) is 0.724. The van der Waals surface area contributed by atoms with Crippen molar-refractivity contribution in [2.45, 2.75) is 19.5 Å². The number of aliphatic hydroxyl groups is 1. The van der Waals surface area contributed by atoms with Crippen LogP contribution in [0.5, 0.6) is 0 Å². The van der Waals surface area contributed by atoms with Crippen LogP contribution >= 0.6 is 11.6 Å². The summed E-state index contributed by atoms with van der Waals surface area (Å²) in [5.74, 6) is -0.577. The molecule has 25 heavy (non-hydrogen) atoms. The molecule has 0 aromatic carbocycles. The van der Waals surface area contributed by atoms with Crippen LogP contribution in [0.25, 0.3) is 5.65 Å². The van der Waals surface area contributed by atoms with Crippen molar-refractivity contribution in [2.24, 2.45) is 0 Å². The van der Waals surface area contributed by atoms with E-state index in [1.807, 2.05) is 0 Å². The molecule has 2 rings (SSSR count). The van der Waals surface area contributed by atoms with Crippen molar-refractivity contribution in [3.8, 4) is 0 Å². The fourth-order valence-electron chi connectivity index (χ4n) is 2.28. The first-order valence-electron chi connectivity index (χ1n) is 7.54. The summed E-state index contributed by atoms with van der Waals surface area (Å²) in [5.41, 5.74) is -0.527. The van der Waals surface area contributed by atoms with E-state index in [4.69, 9.17) is 21.4 Å². The first kappa shape index (κ1) is 19.5. The normalized spacial score (nSPS) is 11.9. The van der Waals surface area contributed by atoms with E-state index >= 15 is 0 Å². The van der Waals surface area contributed by atoms with Gasteiger partial charge in [0.2, 0.25) is 0 Å². The van der Waals surface area contributed by atoms with Crippen LogP contribution in [-0.4, -0.2) is 46.8 Å². The van der Waals surface area contributed by atoms with Crippen LogP contribution < -0.4 is 5.32 Å². The number of amides is 1. The Morgan fingerprint density at radius 3 is 2.76 bits per heavy atom. The SMILES string of the molecule is CCc1nc2c(Cl)cc(C(F)(F)F)cn2c1C(=O)NCCOCCO. The molecule has 10 heteroatoms. The number of hydrogen-bond acceptors (Lipinski definition) is 4. The molecule has 0 saturated carbocycles. The Kier molecular flexibility index (Phi) is 6.26. The Bertz CT molecular complexity index is 762. The number of imidazole rings is 1.